The molecule has 14 heavy (non-hydrogen) atoms. The topological polar surface area (TPSA) is 51.8 Å². The van der Waals surface area contributed by atoms with Gasteiger partial charge in [-0.05, 0) is 12.8 Å². The Morgan fingerprint density at radius 3 is 2.79 bits per heavy atom. The van der Waals surface area contributed by atoms with E-state index in [4.69, 9.17) is 5.73 Å². The van der Waals surface area contributed by atoms with E-state index < -0.39 is 0 Å². The van der Waals surface area contributed by atoms with Gasteiger partial charge in [0.05, 0.1) is 5.69 Å². The van der Waals surface area contributed by atoms with Crippen LogP contribution >= 0.6 is 0 Å². The Kier molecular flexibility index (Phi) is 3.63. The molecule has 0 aliphatic rings. The van der Waals surface area contributed by atoms with E-state index >= 15 is 0 Å². The number of aromatic nitrogens is 2. The monoisotopic (exact) mass is 191 g/mol. The van der Waals surface area contributed by atoms with Crippen LogP contribution in [0.25, 0.3) is 6.08 Å². The molecular weight excluding hydrogens is 174 g/mol. The molecule has 0 saturated carbocycles. The molecule has 1 atom stereocenters. The van der Waals surface area contributed by atoms with Gasteiger partial charge in [0.2, 0.25) is 0 Å². The Bertz CT molecular complexity index is 311. The molecule has 3 nitrogen and oxygen atoms in total. The van der Waals surface area contributed by atoms with Crippen molar-refractivity contribution < 1.29 is 0 Å². The summed E-state index contributed by atoms with van der Waals surface area (Å²) in [4.78, 5) is 8.06. The molecule has 0 aromatic carbocycles. The second-order valence-corrected chi connectivity index (χ2v) is 3.50. The lowest BCUT2D eigenvalue weighted by Gasteiger charge is -2.03. The van der Waals surface area contributed by atoms with Crippen LogP contribution in [-0.2, 0) is 0 Å². The predicted molar refractivity (Wildman–Crippen MR) is 59.7 cm³/mol. The number of anilines is 1. The van der Waals surface area contributed by atoms with Crippen LogP contribution in [0.5, 0.6) is 0 Å². The summed E-state index contributed by atoms with van der Waals surface area (Å²) in [6.45, 7) is 6.27. The van der Waals surface area contributed by atoms with E-state index in [9.17, 15) is 0 Å². The van der Waals surface area contributed by atoms with E-state index in [0.29, 0.717) is 11.7 Å². The minimum Gasteiger partial charge on any atom is -0.383 e. The summed E-state index contributed by atoms with van der Waals surface area (Å²) in [5, 5.41) is 0. The highest BCUT2D eigenvalue weighted by atomic mass is 14.9. The molecule has 0 fully saturated rings. The van der Waals surface area contributed by atoms with Gasteiger partial charge >= 0.3 is 0 Å². The van der Waals surface area contributed by atoms with Crippen molar-refractivity contribution in [3.8, 4) is 0 Å². The van der Waals surface area contributed by atoms with E-state index in [0.717, 1.165) is 17.7 Å². The van der Waals surface area contributed by atoms with Gasteiger partial charge in [-0.15, -0.1) is 0 Å². The maximum absolute atomic E-state index is 5.75. The largest absolute Gasteiger partial charge is 0.383 e. The van der Waals surface area contributed by atoms with Crippen LogP contribution in [0, 0.1) is 12.8 Å². The van der Waals surface area contributed by atoms with Gasteiger partial charge in [-0.3, -0.25) is 0 Å². The Morgan fingerprint density at radius 1 is 1.50 bits per heavy atom. The highest BCUT2D eigenvalue weighted by molar-refractivity contribution is 5.62. The zero-order valence-electron chi connectivity index (χ0n) is 8.99. The fraction of sp³-hybridized carbons (Fsp3) is 0.455. The van der Waals surface area contributed by atoms with Crippen LogP contribution in [0.3, 0.4) is 0 Å². The van der Waals surface area contributed by atoms with Gasteiger partial charge in [0.15, 0.2) is 0 Å². The van der Waals surface area contributed by atoms with Gasteiger partial charge < -0.3 is 5.73 Å². The van der Waals surface area contributed by atoms with Crippen LogP contribution in [0.1, 0.15) is 31.5 Å². The van der Waals surface area contributed by atoms with Crippen molar-refractivity contribution in [1.29, 1.82) is 0 Å². The first kappa shape index (κ1) is 10.7. The standard InChI is InChI=1S/C11H17N3/c1-4-8(2)5-6-10-9(3)13-7-14-11(10)12/h5-8H,4H2,1-3H3,(H2,12,13,14)/b6-5-. The Labute approximate surface area is 85.1 Å². The first-order valence-corrected chi connectivity index (χ1v) is 4.90. The van der Waals surface area contributed by atoms with Crippen LogP contribution < -0.4 is 5.73 Å². The lowest BCUT2D eigenvalue weighted by atomic mass is 10.1. The summed E-state index contributed by atoms with van der Waals surface area (Å²) >= 11 is 0. The molecule has 1 rings (SSSR count). The number of nitrogen functional groups attached to an aromatic ring is 1. The smallest absolute Gasteiger partial charge is 0.134 e. The van der Waals surface area contributed by atoms with Gasteiger partial charge in [0.1, 0.15) is 12.1 Å². The molecule has 0 radical (unpaired) electrons. The van der Waals surface area contributed by atoms with Gasteiger partial charge in [-0.2, -0.15) is 0 Å². The minimum absolute atomic E-state index is 0.553. The van der Waals surface area contributed by atoms with Crippen LogP contribution in [-0.4, -0.2) is 9.97 Å². The van der Waals surface area contributed by atoms with Gasteiger partial charge in [0.25, 0.3) is 0 Å². The SMILES string of the molecule is CCC(C)/C=C\c1c(C)ncnc1N. The molecule has 1 aromatic heterocycles. The number of nitrogens with two attached hydrogens (primary N) is 1. The number of nitrogens with zero attached hydrogens (tertiary/aromatic N) is 2. The molecule has 3 heteroatoms. The maximum atomic E-state index is 5.75. The average molecular weight is 191 g/mol. The molecular formula is C11H17N3. The summed E-state index contributed by atoms with van der Waals surface area (Å²) in [6.07, 6.45) is 6.77. The first-order valence-electron chi connectivity index (χ1n) is 4.90. The van der Waals surface area contributed by atoms with E-state index in [2.05, 4.69) is 29.9 Å². The normalized spacial score (nSPS) is 13.4. The highest BCUT2D eigenvalue weighted by Crippen LogP contribution is 2.15. The number of hydrogen-bond donors (Lipinski definition) is 1. The van der Waals surface area contributed by atoms with Crippen molar-refractivity contribution in [2.45, 2.75) is 27.2 Å². The summed E-state index contributed by atoms with van der Waals surface area (Å²) < 4.78 is 0. The molecule has 0 bridgehead atoms. The molecule has 0 aliphatic heterocycles. The zero-order chi connectivity index (χ0) is 10.6. The third kappa shape index (κ3) is 2.55. The van der Waals surface area contributed by atoms with E-state index in [1.165, 1.54) is 6.33 Å². The average Bonchev–Trinajstić information content (AvgIpc) is 2.16. The minimum atomic E-state index is 0.553. The van der Waals surface area contributed by atoms with E-state index in [1.54, 1.807) is 0 Å². The second-order valence-electron chi connectivity index (χ2n) is 3.50. The number of rotatable bonds is 3. The summed E-state index contributed by atoms with van der Waals surface area (Å²) in [6, 6.07) is 0. The second kappa shape index (κ2) is 4.74. The number of hydrogen-bond acceptors (Lipinski definition) is 3. The molecule has 0 saturated heterocycles. The highest BCUT2D eigenvalue weighted by Gasteiger charge is 2.01. The molecule has 76 valence electrons. The summed E-state index contributed by atoms with van der Waals surface area (Å²) in [5.41, 5.74) is 7.61. The quantitative estimate of drug-likeness (QED) is 0.798. The van der Waals surface area contributed by atoms with Crippen molar-refractivity contribution in [1.82, 2.24) is 9.97 Å². The Balaban J connectivity index is 2.91. The van der Waals surface area contributed by atoms with Crippen LogP contribution in [0.4, 0.5) is 5.82 Å². The molecule has 2 N–H and O–H groups in total. The van der Waals surface area contributed by atoms with Crippen molar-refractivity contribution in [2.75, 3.05) is 5.73 Å². The van der Waals surface area contributed by atoms with Crippen molar-refractivity contribution in [3.63, 3.8) is 0 Å². The number of allylic oxidation sites excluding steroid dienone is 1. The fourth-order valence-electron chi connectivity index (χ4n) is 1.10. The molecule has 1 aromatic rings. The van der Waals surface area contributed by atoms with Crippen molar-refractivity contribution >= 4 is 11.9 Å². The fourth-order valence-corrected chi connectivity index (χ4v) is 1.10. The molecule has 0 spiro atoms. The third-order valence-electron chi connectivity index (χ3n) is 2.35. The van der Waals surface area contributed by atoms with Crippen LogP contribution in [0.2, 0.25) is 0 Å². The van der Waals surface area contributed by atoms with Crippen LogP contribution in [0.15, 0.2) is 12.4 Å². The number of aryl methyl sites for hydroxylation is 1. The van der Waals surface area contributed by atoms with E-state index in [-0.39, 0.29) is 0 Å². The Hall–Kier alpha value is -1.38. The van der Waals surface area contributed by atoms with Gasteiger partial charge in [-0.25, -0.2) is 9.97 Å². The van der Waals surface area contributed by atoms with E-state index in [1.807, 2.05) is 13.0 Å². The molecule has 0 amide bonds. The molecule has 0 aliphatic carbocycles. The maximum Gasteiger partial charge on any atom is 0.134 e. The van der Waals surface area contributed by atoms with Crippen molar-refractivity contribution in [2.24, 2.45) is 5.92 Å². The summed E-state index contributed by atoms with van der Waals surface area (Å²) in [7, 11) is 0. The summed E-state index contributed by atoms with van der Waals surface area (Å²) in [5.74, 6) is 1.12. The predicted octanol–water partition coefficient (Wildman–Crippen LogP) is 2.43. The first-order chi connectivity index (χ1) is 6.65. The van der Waals surface area contributed by atoms with Crippen molar-refractivity contribution in [3.05, 3.63) is 23.7 Å². The zero-order valence-corrected chi connectivity index (χ0v) is 8.99. The molecule has 1 heterocycles. The molecule has 1 unspecified atom stereocenters. The lowest BCUT2D eigenvalue weighted by Crippen LogP contribution is -1.98. The Morgan fingerprint density at radius 2 is 2.21 bits per heavy atom. The lowest BCUT2D eigenvalue weighted by molar-refractivity contribution is 0.701. The third-order valence-corrected chi connectivity index (χ3v) is 2.35. The van der Waals surface area contributed by atoms with Gasteiger partial charge in [0, 0.05) is 5.56 Å². The van der Waals surface area contributed by atoms with Gasteiger partial charge in [-0.1, -0.05) is 32.4 Å².